The highest BCUT2D eigenvalue weighted by atomic mass is 15.2. The van der Waals surface area contributed by atoms with Crippen molar-refractivity contribution >= 4 is 17.1 Å². The second-order valence-electron chi connectivity index (χ2n) is 16.1. The van der Waals surface area contributed by atoms with Crippen molar-refractivity contribution in [2.45, 2.75) is 47.0 Å². The highest BCUT2D eigenvalue weighted by Crippen LogP contribution is 2.59. The highest BCUT2D eigenvalue weighted by Gasteiger charge is 2.37. The first-order valence-electron chi connectivity index (χ1n) is 20.1. The van der Waals surface area contributed by atoms with Crippen LogP contribution in [0.25, 0.3) is 55.6 Å². The smallest absolute Gasteiger partial charge is 0.0588 e. The lowest BCUT2D eigenvalue weighted by molar-refractivity contribution is 1.11. The van der Waals surface area contributed by atoms with Crippen LogP contribution in [-0.4, -0.2) is 0 Å². The van der Waals surface area contributed by atoms with Gasteiger partial charge in [-0.25, -0.2) is 0 Å². The number of fused-ring (bicyclic) bond motifs is 9. The largest absolute Gasteiger partial charge is 0.308 e. The molecule has 268 valence electrons. The van der Waals surface area contributed by atoms with Crippen LogP contribution in [0.3, 0.4) is 0 Å². The van der Waals surface area contributed by atoms with Gasteiger partial charge in [-0.1, -0.05) is 146 Å². The standard InChI is InChI=1S/C55H43N/c1-33-27-46-42-24-14-11-21-39(42)29-49(46)53(35(33)3)56(54-36(4)34(2)28-47-43-25-15-12-22-40(43)30-50(47)54)55-51-31-41-23-13-16-26-44(41)48(51)32-45(37-17-7-5-8-18-37)52(55)38-19-9-6-10-20-38/h5-28,32H,29-31H2,1-4H3. The van der Waals surface area contributed by atoms with Crippen molar-refractivity contribution in [1.82, 2.24) is 0 Å². The normalized spacial score (nSPS) is 12.8. The van der Waals surface area contributed by atoms with Gasteiger partial charge in [0.2, 0.25) is 0 Å². The summed E-state index contributed by atoms with van der Waals surface area (Å²) < 4.78 is 0. The van der Waals surface area contributed by atoms with E-state index in [2.05, 4.69) is 184 Å². The Morgan fingerprint density at radius 3 is 1.18 bits per heavy atom. The van der Waals surface area contributed by atoms with E-state index in [0.29, 0.717) is 0 Å². The van der Waals surface area contributed by atoms with Crippen molar-refractivity contribution in [3.8, 4) is 55.6 Å². The van der Waals surface area contributed by atoms with E-state index >= 15 is 0 Å². The fourth-order valence-corrected chi connectivity index (χ4v) is 10.2. The van der Waals surface area contributed by atoms with E-state index in [0.717, 1.165) is 19.3 Å². The van der Waals surface area contributed by atoms with E-state index in [-0.39, 0.29) is 0 Å². The summed E-state index contributed by atoms with van der Waals surface area (Å²) in [6.45, 7) is 9.39. The molecule has 0 amide bonds. The maximum absolute atomic E-state index is 2.81. The monoisotopic (exact) mass is 717 g/mol. The SMILES string of the molecule is Cc1cc2c(c(N(c3c(C)c(C)cc4c3Cc3ccccc3-4)c3c4c(cc(-c5ccccc5)c3-c3ccccc3)-c3ccccc3C4)c1C)Cc1ccccc1-2. The fraction of sp³-hybridized carbons (Fsp3) is 0.127. The van der Waals surface area contributed by atoms with E-state index in [1.165, 1.54) is 128 Å². The van der Waals surface area contributed by atoms with Gasteiger partial charge < -0.3 is 4.90 Å². The molecule has 0 atom stereocenters. The number of anilines is 3. The van der Waals surface area contributed by atoms with E-state index < -0.39 is 0 Å². The second kappa shape index (κ2) is 12.5. The summed E-state index contributed by atoms with van der Waals surface area (Å²) in [5.41, 5.74) is 31.0. The van der Waals surface area contributed by atoms with Crippen molar-refractivity contribution in [3.63, 3.8) is 0 Å². The lowest BCUT2D eigenvalue weighted by atomic mass is 9.85. The molecule has 3 aliphatic rings. The Kier molecular flexibility index (Phi) is 7.38. The highest BCUT2D eigenvalue weighted by molar-refractivity contribution is 6.06. The molecule has 0 fully saturated rings. The molecule has 0 saturated heterocycles. The number of hydrogen-bond donors (Lipinski definition) is 0. The van der Waals surface area contributed by atoms with Crippen molar-refractivity contribution < 1.29 is 0 Å². The summed E-state index contributed by atoms with van der Waals surface area (Å²) in [5.74, 6) is 0. The van der Waals surface area contributed by atoms with Crippen molar-refractivity contribution in [3.05, 3.63) is 207 Å². The molecule has 0 unspecified atom stereocenters. The molecule has 0 N–H and O–H groups in total. The summed E-state index contributed by atoms with van der Waals surface area (Å²) in [7, 11) is 0. The van der Waals surface area contributed by atoms with Crippen LogP contribution in [0, 0.1) is 27.7 Å². The van der Waals surface area contributed by atoms with Gasteiger partial charge in [-0.05, 0) is 139 Å². The van der Waals surface area contributed by atoms with Crippen LogP contribution in [0.1, 0.15) is 55.6 Å². The number of hydrogen-bond acceptors (Lipinski definition) is 1. The number of aryl methyl sites for hydroxylation is 2. The van der Waals surface area contributed by atoms with Crippen LogP contribution in [0.15, 0.2) is 152 Å². The van der Waals surface area contributed by atoms with Gasteiger partial charge in [0.1, 0.15) is 0 Å². The van der Waals surface area contributed by atoms with Gasteiger partial charge in [0, 0.05) is 24.8 Å². The van der Waals surface area contributed by atoms with Crippen LogP contribution >= 0.6 is 0 Å². The Bertz CT molecular complexity index is 2800. The third-order valence-corrected chi connectivity index (χ3v) is 13.1. The maximum Gasteiger partial charge on any atom is 0.0588 e. The molecule has 0 aromatic heterocycles. The molecule has 0 radical (unpaired) electrons. The third-order valence-electron chi connectivity index (χ3n) is 13.1. The van der Waals surface area contributed by atoms with Gasteiger partial charge in [-0.2, -0.15) is 0 Å². The first-order valence-corrected chi connectivity index (χ1v) is 20.1. The zero-order chi connectivity index (χ0) is 37.7. The van der Waals surface area contributed by atoms with E-state index in [4.69, 9.17) is 0 Å². The first kappa shape index (κ1) is 32.9. The predicted octanol–water partition coefficient (Wildman–Crippen LogP) is 14.4. The van der Waals surface area contributed by atoms with Gasteiger partial charge in [-0.3, -0.25) is 0 Å². The zero-order valence-electron chi connectivity index (χ0n) is 32.5. The van der Waals surface area contributed by atoms with E-state index in [1.807, 2.05) is 0 Å². The number of nitrogens with zero attached hydrogens (tertiary/aromatic N) is 1. The summed E-state index contributed by atoms with van der Waals surface area (Å²) in [6.07, 6.45) is 2.70. The van der Waals surface area contributed by atoms with Crippen LogP contribution in [0.4, 0.5) is 17.1 Å². The molecule has 56 heavy (non-hydrogen) atoms. The first-order chi connectivity index (χ1) is 27.5. The molecule has 0 spiro atoms. The minimum atomic E-state index is 0.882. The molecular weight excluding hydrogens is 675 g/mol. The van der Waals surface area contributed by atoms with Crippen molar-refractivity contribution in [1.29, 1.82) is 0 Å². The Hall–Kier alpha value is -6.44. The topological polar surface area (TPSA) is 3.24 Å². The van der Waals surface area contributed by atoms with Crippen molar-refractivity contribution in [2.75, 3.05) is 4.90 Å². The van der Waals surface area contributed by atoms with Crippen molar-refractivity contribution in [2.24, 2.45) is 0 Å². The van der Waals surface area contributed by atoms with Crippen LogP contribution in [0.2, 0.25) is 0 Å². The van der Waals surface area contributed by atoms with E-state index in [9.17, 15) is 0 Å². The average molecular weight is 718 g/mol. The van der Waals surface area contributed by atoms with Gasteiger partial charge >= 0.3 is 0 Å². The lowest BCUT2D eigenvalue weighted by Crippen LogP contribution is -2.20. The summed E-state index contributed by atoms with van der Waals surface area (Å²) in [4.78, 5) is 2.81. The third kappa shape index (κ3) is 4.80. The Labute approximate surface area is 330 Å². The zero-order valence-corrected chi connectivity index (χ0v) is 32.5. The van der Waals surface area contributed by atoms with E-state index in [1.54, 1.807) is 0 Å². The summed E-state index contributed by atoms with van der Waals surface area (Å²) in [6, 6.07) is 57.0. The predicted molar refractivity (Wildman–Crippen MR) is 236 cm³/mol. The van der Waals surface area contributed by atoms with Gasteiger partial charge in [0.25, 0.3) is 0 Å². The minimum Gasteiger partial charge on any atom is -0.308 e. The molecule has 8 aromatic carbocycles. The molecule has 0 saturated carbocycles. The molecule has 0 bridgehead atoms. The lowest BCUT2D eigenvalue weighted by Gasteiger charge is -2.37. The molecule has 1 heteroatoms. The quantitative estimate of drug-likeness (QED) is 0.171. The number of rotatable bonds is 5. The fourth-order valence-electron chi connectivity index (χ4n) is 10.2. The van der Waals surface area contributed by atoms with Crippen LogP contribution < -0.4 is 4.90 Å². The summed E-state index contributed by atoms with van der Waals surface area (Å²) in [5, 5.41) is 0. The minimum absolute atomic E-state index is 0.882. The van der Waals surface area contributed by atoms with Gasteiger partial charge in [0.05, 0.1) is 17.1 Å². The second-order valence-corrected chi connectivity index (χ2v) is 16.1. The van der Waals surface area contributed by atoms with Crippen LogP contribution in [0.5, 0.6) is 0 Å². The summed E-state index contributed by atoms with van der Waals surface area (Å²) >= 11 is 0. The van der Waals surface area contributed by atoms with Gasteiger partial charge in [0.15, 0.2) is 0 Å². The molecule has 1 nitrogen and oxygen atoms in total. The molecule has 0 aliphatic heterocycles. The molecule has 3 aliphatic carbocycles. The number of benzene rings is 8. The Morgan fingerprint density at radius 1 is 0.339 bits per heavy atom. The van der Waals surface area contributed by atoms with Crippen LogP contribution in [-0.2, 0) is 19.3 Å². The van der Waals surface area contributed by atoms with Gasteiger partial charge in [-0.15, -0.1) is 0 Å². The average Bonchev–Trinajstić information content (AvgIpc) is 3.92. The molecule has 0 heterocycles. The Balaban J connectivity index is 1.35. The Morgan fingerprint density at radius 2 is 0.714 bits per heavy atom. The molecule has 8 aromatic rings. The molecule has 11 rings (SSSR count). The molecular formula is C55H43N. The maximum atomic E-state index is 2.81.